The Hall–Kier alpha value is -1.67. The SMILES string of the molecule is COc1cccc(S(=O)(=O)N2CCN(Cc3ccccn3)CC2)c1.Cl. The van der Waals surface area contributed by atoms with Gasteiger partial charge >= 0.3 is 0 Å². The van der Waals surface area contributed by atoms with Crippen molar-refractivity contribution in [1.82, 2.24) is 14.2 Å². The number of halogens is 1. The molecule has 136 valence electrons. The lowest BCUT2D eigenvalue weighted by molar-refractivity contribution is 0.180. The molecule has 1 aliphatic rings. The molecule has 3 rings (SSSR count). The van der Waals surface area contributed by atoms with Gasteiger partial charge in [0.1, 0.15) is 5.75 Å². The fourth-order valence-corrected chi connectivity index (χ4v) is 4.22. The van der Waals surface area contributed by atoms with E-state index in [-0.39, 0.29) is 17.3 Å². The van der Waals surface area contributed by atoms with Crippen molar-refractivity contribution < 1.29 is 13.2 Å². The average Bonchev–Trinajstić information content (AvgIpc) is 2.63. The highest BCUT2D eigenvalue weighted by Crippen LogP contribution is 2.22. The lowest BCUT2D eigenvalue weighted by Crippen LogP contribution is -2.48. The van der Waals surface area contributed by atoms with E-state index in [1.54, 1.807) is 30.5 Å². The molecule has 1 aromatic carbocycles. The summed E-state index contributed by atoms with van der Waals surface area (Å²) in [5.41, 5.74) is 1.00. The van der Waals surface area contributed by atoms with Crippen LogP contribution in [0.1, 0.15) is 5.69 Å². The summed E-state index contributed by atoms with van der Waals surface area (Å²) in [5.74, 6) is 0.546. The van der Waals surface area contributed by atoms with Gasteiger partial charge in [0.05, 0.1) is 17.7 Å². The van der Waals surface area contributed by atoms with E-state index in [0.717, 1.165) is 12.2 Å². The van der Waals surface area contributed by atoms with Crippen LogP contribution in [0, 0.1) is 0 Å². The fourth-order valence-electron chi connectivity index (χ4n) is 2.76. The second kappa shape index (κ2) is 8.62. The quantitative estimate of drug-likeness (QED) is 0.790. The van der Waals surface area contributed by atoms with Crippen LogP contribution in [0.25, 0.3) is 0 Å². The van der Waals surface area contributed by atoms with Gasteiger partial charge in [-0.25, -0.2) is 8.42 Å². The van der Waals surface area contributed by atoms with Gasteiger partial charge < -0.3 is 4.74 Å². The van der Waals surface area contributed by atoms with E-state index < -0.39 is 10.0 Å². The summed E-state index contributed by atoms with van der Waals surface area (Å²) in [7, 11) is -1.95. The third kappa shape index (κ3) is 4.70. The monoisotopic (exact) mass is 383 g/mol. The largest absolute Gasteiger partial charge is 0.497 e. The predicted octanol–water partition coefficient (Wildman–Crippen LogP) is 2.02. The normalized spacial score (nSPS) is 16.2. The van der Waals surface area contributed by atoms with E-state index in [0.29, 0.717) is 31.9 Å². The van der Waals surface area contributed by atoms with Crippen LogP contribution in [-0.2, 0) is 16.6 Å². The number of hydrogen-bond acceptors (Lipinski definition) is 5. The van der Waals surface area contributed by atoms with Gasteiger partial charge in [0.2, 0.25) is 10.0 Å². The lowest BCUT2D eigenvalue weighted by atomic mass is 10.3. The standard InChI is InChI=1S/C17H21N3O3S.ClH/c1-23-16-6-4-7-17(13-16)24(21,22)20-11-9-19(10-12-20)14-15-5-2-3-8-18-15;/h2-8,13H,9-12,14H2,1H3;1H. The van der Waals surface area contributed by atoms with E-state index in [4.69, 9.17) is 4.74 Å². The number of rotatable bonds is 5. The number of hydrogen-bond donors (Lipinski definition) is 0. The maximum absolute atomic E-state index is 12.8. The minimum Gasteiger partial charge on any atom is -0.497 e. The van der Waals surface area contributed by atoms with Crippen molar-refractivity contribution in [2.45, 2.75) is 11.4 Å². The van der Waals surface area contributed by atoms with Crippen LogP contribution in [0.5, 0.6) is 5.75 Å². The van der Waals surface area contributed by atoms with Crippen molar-refractivity contribution in [3.8, 4) is 5.75 Å². The Morgan fingerprint density at radius 1 is 1.08 bits per heavy atom. The minimum absolute atomic E-state index is 0. The second-order valence-electron chi connectivity index (χ2n) is 5.68. The third-order valence-electron chi connectivity index (χ3n) is 4.12. The van der Waals surface area contributed by atoms with Gasteiger partial charge in [-0.3, -0.25) is 9.88 Å². The molecule has 8 heteroatoms. The number of piperazine rings is 1. The summed E-state index contributed by atoms with van der Waals surface area (Å²) < 4.78 is 32.2. The van der Waals surface area contributed by atoms with Gasteiger partial charge in [0.25, 0.3) is 0 Å². The molecule has 0 unspecified atom stereocenters. The average molecular weight is 384 g/mol. The highest BCUT2D eigenvalue weighted by Gasteiger charge is 2.28. The van der Waals surface area contributed by atoms with Gasteiger partial charge in [0.15, 0.2) is 0 Å². The van der Waals surface area contributed by atoms with E-state index in [9.17, 15) is 8.42 Å². The van der Waals surface area contributed by atoms with Crippen molar-refractivity contribution in [1.29, 1.82) is 0 Å². The number of nitrogens with zero attached hydrogens (tertiary/aromatic N) is 3. The molecule has 0 radical (unpaired) electrons. The number of ether oxygens (including phenoxy) is 1. The molecule has 1 aliphatic heterocycles. The second-order valence-corrected chi connectivity index (χ2v) is 7.62. The molecule has 1 aromatic heterocycles. The summed E-state index contributed by atoms with van der Waals surface area (Å²) in [6.07, 6.45) is 1.78. The predicted molar refractivity (Wildman–Crippen MR) is 98.5 cm³/mol. The Morgan fingerprint density at radius 2 is 1.84 bits per heavy atom. The molecule has 0 N–H and O–H groups in total. The van der Waals surface area contributed by atoms with Crippen LogP contribution < -0.4 is 4.74 Å². The summed E-state index contributed by atoms with van der Waals surface area (Å²) in [6, 6.07) is 12.5. The summed E-state index contributed by atoms with van der Waals surface area (Å²) in [4.78, 5) is 6.82. The Labute approximate surface area is 154 Å². The zero-order valence-corrected chi connectivity index (χ0v) is 15.7. The topological polar surface area (TPSA) is 62.7 Å². The molecule has 25 heavy (non-hydrogen) atoms. The van der Waals surface area contributed by atoms with E-state index in [1.807, 2.05) is 18.2 Å². The molecule has 1 saturated heterocycles. The lowest BCUT2D eigenvalue weighted by Gasteiger charge is -2.33. The van der Waals surface area contributed by atoms with Crippen LogP contribution >= 0.6 is 12.4 Å². The van der Waals surface area contributed by atoms with E-state index in [1.165, 1.54) is 11.4 Å². The molecule has 0 amide bonds. The van der Waals surface area contributed by atoms with E-state index in [2.05, 4.69) is 9.88 Å². The van der Waals surface area contributed by atoms with Crippen molar-refractivity contribution in [3.05, 3.63) is 54.4 Å². The number of methoxy groups -OCH3 is 1. The zero-order valence-electron chi connectivity index (χ0n) is 14.0. The maximum atomic E-state index is 12.8. The number of benzene rings is 1. The van der Waals surface area contributed by atoms with Gasteiger partial charge in [0, 0.05) is 45.0 Å². The summed E-state index contributed by atoms with van der Waals surface area (Å²) in [6.45, 7) is 3.09. The molecule has 1 fully saturated rings. The Morgan fingerprint density at radius 3 is 2.48 bits per heavy atom. The zero-order chi connectivity index (χ0) is 17.0. The van der Waals surface area contributed by atoms with E-state index >= 15 is 0 Å². The highest BCUT2D eigenvalue weighted by atomic mass is 35.5. The van der Waals surface area contributed by atoms with Crippen LogP contribution in [0.15, 0.2) is 53.6 Å². The first-order valence-electron chi connectivity index (χ1n) is 7.86. The Kier molecular flexibility index (Phi) is 6.78. The first kappa shape index (κ1) is 19.7. The summed E-state index contributed by atoms with van der Waals surface area (Å²) in [5, 5.41) is 0. The van der Waals surface area contributed by atoms with Crippen molar-refractivity contribution in [2.24, 2.45) is 0 Å². The van der Waals surface area contributed by atoms with Crippen molar-refractivity contribution >= 4 is 22.4 Å². The molecule has 0 spiro atoms. The first-order valence-corrected chi connectivity index (χ1v) is 9.30. The Balaban J connectivity index is 0.00000225. The number of aromatic nitrogens is 1. The van der Waals surface area contributed by atoms with Gasteiger partial charge in [-0.2, -0.15) is 4.31 Å². The van der Waals surface area contributed by atoms with Crippen LogP contribution in [0.2, 0.25) is 0 Å². The molecule has 2 aromatic rings. The molecule has 0 atom stereocenters. The number of sulfonamides is 1. The molecule has 0 aliphatic carbocycles. The summed E-state index contributed by atoms with van der Waals surface area (Å²) >= 11 is 0. The van der Waals surface area contributed by atoms with Gasteiger partial charge in [-0.05, 0) is 24.3 Å². The maximum Gasteiger partial charge on any atom is 0.243 e. The number of pyridine rings is 1. The smallest absolute Gasteiger partial charge is 0.243 e. The molecule has 0 bridgehead atoms. The molecule has 6 nitrogen and oxygen atoms in total. The Bertz CT molecular complexity index is 779. The first-order chi connectivity index (χ1) is 11.6. The third-order valence-corrected chi connectivity index (χ3v) is 6.02. The molecular formula is C17H22ClN3O3S. The van der Waals surface area contributed by atoms with Crippen LogP contribution in [0.3, 0.4) is 0 Å². The van der Waals surface area contributed by atoms with Crippen LogP contribution in [-0.4, -0.2) is 55.9 Å². The van der Waals surface area contributed by atoms with Gasteiger partial charge in [-0.1, -0.05) is 12.1 Å². The molecular weight excluding hydrogens is 362 g/mol. The molecule has 2 heterocycles. The minimum atomic E-state index is -3.48. The van der Waals surface area contributed by atoms with Gasteiger partial charge in [-0.15, -0.1) is 12.4 Å². The molecule has 0 saturated carbocycles. The van der Waals surface area contributed by atoms with Crippen LogP contribution in [0.4, 0.5) is 0 Å². The van der Waals surface area contributed by atoms with Crippen molar-refractivity contribution in [3.63, 3.8) is 0 Å². The fraction of sp³-hybridized carbons (Fsp3) is 0.353. The van der Waals surface area contributed by atoms with Crippen molar-refractivity contribution in [2.75, 3.05) is 33.3 Å². The highest BCUT2D eigenvalue weighted by molar-refractivity contribution is 7.89.